The van der Waals surface area contributed by atoms with Gasteiger partial charge in [-0.05, 0) is 44.0 Å². The van der Waals surface area contributed by atoms with Gasteiger partial charge in [0.1, 0.15) is 5.82 Å². The highest BCUT2D eigenvalue weighted by Gasteiger charge is 2.16. The summed E-state index contributed by atoms with van der Waals surface area (Å²) in [6.45, 7) is 5.43. The third-order valence-electron chi connectivity index (χ3n) is 2.02. The molecule has 1 nitrogen and oxygen atoms in total. The van der Waals surface area contributed by atoms with Gasteiger partial charge in [-0.15, -0.1) is 0 Å². The molecule has 2 N–H and O–H groups in total. The van der Waals surface area contributed by atoms with Gasteiger partial charge in [-0.2, -0.15) is 0 Å². The Bertz CT molecular complexity index is 305. The van der Waals surface area contributed by atoms with Gasteiger partial charge >= 0.3 is 0 Å². The minimum absolute atomic E-state index is 0.220. The maximum absolute atomic E-state index is 13.3. The SMILES string of the molecule is Cc1c(F)cc(C(C)(C)N)cc1Br. The standard InChI is InChI=1S/C10H13BrFN/c1-6-8(11)4-7(5-9(6)12)10(2,3)13/h4-5H,13H2,1-3H3. The Labute approximate surface area is 86.3 Å². The molecule has 1 aromatic rings. The second kappa shape index (κ2) is 3.39. The Morgan fingerprint density at radius 2 is 1.92 bits per heavy atom. The molecular formula is C10H13BrFN. The highest BCUT2D eigenvalue weighted by molar-refractivity contribution is 9.10. The smallest absolute Gasteiger partial charge is 0.127 e. The van der Waals surface area contributed by atoms with Crippen LogP contribution in [0.25, 0.3) is 0 Å². The number of hydrogen-bond donors (Lipinski definition) is 1. The zero-order valence-electron chi connectivity index (χ0n) is 7.99. The Morgan fingerprint density at radius 3 is 2.31 bits per heavy atom. The second-order valence-corrected chi connectivity index (χ2v) is 4.64. The van der Waals surface area contributed by atoms with E-state index in [4.69, 9.17) is 5.73 Å². The van der Waals surface area contributed by atoms with Gasteiger partial charge in [0, 0.05) is 10.0 Å². The lowest BCUT2D eigenvalue weighted by Crippen LogP contribution is -2.28. The van der Waals surface area contributed by atoms with Crippen LogP contribution in [-0.2, 0) is 5.54 Å². The van der Waals surface area contributed by atoms with Gasteiger partial charge < -0.3 is 5.73 Å². The molecule has 72 valence electrons. The van der Waals surface area contributed by atoms with E-state index in [0.29, 0.717) is 5.56 Å². The van der Waals surface area contributed by atoms with E-state index >= 15 is 0 Å². The van der Waals surface area contributed by atoms with Crippen LogP contribution in [0.4, 0.5) is 4.39 Å². The van der Waals surface area contributed by atoms with E-state index in [1.807, 2.05) is 19.9 Å². The van der Waals surface area contributed by atoms with Gasteiger partial charge in [0.25, 0.3) is 0 Å². The van der Waals surface area contributed by atoms with E-state index in [9.17, 15) is 4.39 Å². The number of halogens is 2. The lowest BCUT2D eigenvalue weighted by Gasteiger charge is -2.20. The summed E-state index contributed by atoms with van der Waals surface area (Å²) in [6.07, 6.45) is 0. The molecule has 0 amide bonds. The molecular weight excluding hydrogens is 233 g/mol. The van der Waals surface area contributed by atoms with Crippen molar-refractivity contribution in [1.29, 1.82) is 0 Å². The highest BCUT2D eigenvalue weighted by Crippen LogP contribution is 2.26. The Balaban J connectivity index is 3.29. The van der Waals surface area contributed by atoms with Crippen LogP contribution in [0, 0.1) is 12.7 Å². The fraction of sp³-hybridized carbons (Fsp3) is 0.400. The molecule has 0 aliphatic carbocycles. The highest BCUT2D eigenvalue weighted by atomic mass is 79.9. The molecule has 0 saturated heterocycles. The topological polar surface area (TPSA) is 26.0 Å². The minimum atomic E-state index is -0.503. The maximum atomic E-state index is 13.3. The van der Waals surface area contributed by atoms with E-state index in [1.54, 1.807) is 6.92 Å². The van der Waals surface area contributed by atoms with Crippen LogP contribution in [0.5, 0.6) is 0 Å². The zero-order valence-corrected chi connectivity index (χ0v) is 9.57. The molecule has 1 aromatic carbocycles. The average molecular weight is 246 g/mol. The summed E-state index contributed by atoms with van der Waals surface area (Å²) in [5, 5.41) is 0. The number of rotatable bonds is 1. The van der Waals surface area contributed by atoms with Crippen molar-refractivity contribution in [2.24, 2.45) is 5.73 Å². The molecule has 0 atom stereocenters. The zero-order chi connectivity index (χ0) is 10.2. The van der Waals surface area contributed by atoms with E-state index < -0.39 is 5.54 Å². The number of benzene rings is 1. The van der Waals surface area contributed by atoms with Crippen LogP contribution in [0.1, 0.15) is 25.0 Å². The van der Waals surface area contributed by atoms with E-state index in [-0.39, 0.29) is 5.82 Å². The molecule has 0 heterocycles. The lowest BCUT2D eigenvalue weighted by molar-refractivity contribution is 0.541. The van der Waals surface area contributed by atoms with Crippen LogP contribution >= 0.6 is 15.9 Å². The van der Waals surface area contributed by atoms with Crippen molar-refractivity contribution >= 4 is 15.9 Å². The second-order valence-electron chi connectivity index (χ2n) is 3.79. The predicted molar refractivity (Wildman–Crippen MR) is 56.1 cm³/mol. The quantitative estimate of drug-likeness (QED) is 0.809. The fourth-order valence-electron chi connectivity index (χ4n) is 1.02. The van der Waals surface area contributed by atoms with Crippen LogP contribution in [0.3, 0.4) is 0 Å². The van der Waals surface area contributed by atoms with Gasteiger partial charge in [-0.1, -0.05) is 15.9 Å². The van der Waals surface area contributed by atoms with Crippen molar-refractivity contribution in [1.82, 2.24) is 0 Å². The van der Waals surface area contributed by atoms with Gasteiger partial charge in [0.15, 0.2) is 0 Å². The molecule has 0 bridgehead atoms. The minimum Gasteiger partial charge on any atom is -0.322 e. The summed E-state index contributed by atoms with van der Waals surface area (Å²) in [5.41, 5.74) is 6.77. The molecule has 0 spiro atoms. The summed E-state index contributed by atoms with van der Waals surface area (Å²) >= 11 is 3.29. The molecule has 1 rings (SSSR count). The van der Waals surface area contributed by atoms with Gasteiger partial charge in [0.05, 0.1) is 0 Å². The van der Waals surface area contributed by atoms with Crippen molar-refractivity contribution in [3.05, 3.63) is 33.5 Å². The van der Waals surface area contributed by atoms with Crippen molar-refractivity contribution in [3.63, 3.8) is 0 Å². The van der Waals surface area contributed by atoms with Crippen molar-refractivity contribution in [2.75, 3.05) is 0 Å². The normalized spacial score (nSPS) is 11.8. The van der Waals surface area contributed by atoms with Crippen LogP contribution in [-0.4, -0.2) is 0 Å². The monoisotopic (exact) mass is 245 g/mol. The first-order valence-electron chi connectivity index (χ1n) is 4.07. The summed E-state index contributed by atoms with van der Waals surface area (Å²) in [7, 11) is 0. The van der Waals surface area contributed by atoms with E-state index in [1.165, 1.54) is 6.07 Å². The lowest BCUT2D eigenvalue weighted by atomic mass is 9.95. The van der Waals surface area contributed by atoms with Gasteiger partial charge in [-0.3, -0.25) is 0 Å². The van der Waals surface area contributed by atoms with Crippen LogP contribution < -0.4 is 5.73 Å². The first kappa shape index (κ1) is 10.7. The molecule has 0 fully saturated rings. The average Bonchev–Trinajstić information content (AvgIpc) is 1.97. The largest absolute Gasteiger partial charge is 0.322 e. The van der Waals surface area contributed by atoms with E-state index in [0.717, 1.165) is 10.0 Å². The molecule has 0 saturated carbocycles. The Kier molecular flexibility index (Phi) is 2.78. The molecule has 0 aromatic heterocycles. The number of hydrogen-bond acceptors (Lipinski definition) is 1. The summed E-state index contributed by atoms with van der Waals surface area (Å²) < 4.78 is 14.0. The molecule has 0 unspecified atom stereocenters. The molecule has 0 radical (unpaired) electrons. The van der Waals surface area contributed by atoms with Crippen molar-refractivity contribution in [2.45, 2.75) is 26.3 Å². The third-order valence-corrected chi connectivity index (χ3v) is 2.85. The molecule has 3 heteroatoms. The van der Waals surface area contributed by atoms with Gasteiger partial charge in [-0.25, -0.2) is 4.39 Å². The Morgan fingerprint density at radius 1 is 1.38 bits per heavy atom. The van der Waals surface area contributed by atoms with Crippen LogP contribution in [0.15, 0.2) is 16.6 Å². The maximum Gasteiger partial charge on any atom is 0.127 e. The van der Waals surface area contributed by atoms with Crippen molar-refractivity contribution in [3.8, 4) is 0 Å². The number of nitrogens with two attached hydrogens (primary N) is 1. The predicted octanol–water partition coefficient (Wildman–Crippen LogP) is 3.09. The summed E-state index contributed by atoms with van der Waals surface area (Å²) in [5.74, 6) is -0.220. The first-order valence-corrected chi connectivity index (χ1v) is 4.86. The summed E-state index contributed by atoms with van der Waals surface area (Å²) in [6, 6.07) is 3.35. The molecule has 0 aliphatic rings. The van der Waals surface area contributed by atoms with Crippen LogP contribution in [0.2, 0.25) is 0 Å². The Hall–Kier alpha value is -0.410. The van der Waals surface area contributed by atoms with E-state index in [2.05, 4.69) is 15.9 Å². The van der Waals surface area contributed by atoms with Gasteiger partial charge in [0.2, 0.25) is 0 Å². The summed E-state index contributed by atoms with van der Waals surface area (Å²) in [4.78, 5) is 0. The first-order chi connectivity index (χ1) is 5.82. The fourth-order valence-corrected chi connectivity index (χ4v) is 1.45. The van der Waals surface area contributed by atoms with Crippen molar-refractivity contribution < 1.29 is 4.39 Å². The third kappa shape index (κ3) is 2.29. The molecule has 13 heavy (non-hydrogen) atoms. The molecule has 0 aliphatic heterocycles.